The Labute approximate surface area is 144 Å². The van der Waals surface area contributed by atoms with Crippen LogP contribution in [0.2, 0.25) is 0 Å². The molecule has 0 spiro atoms. The highest BCUT2D eigenvalue weighted by Gasteiger charge is 2.21. The van der Waals surface area contributed by atoms with Gasteiger partial charge < -0.3 is 14.6 Å². The third kappa shape index (κ3) is 3.65. The van der Waals surface area contributed by atoms with Crippen molar-refractivity contribution in [1.82, 2.24) is 19.9 Å². The van der Waals surface area contributed by atoms with E-state index in [1.807, 2.05) is 7.05 Å². The fourth-order valence-corrected chi connectivity index (χ4v) is 2.46. The molecule has 0 saturated carbocycles. The summed E-state index contributed by atoms with van der Waals surface area (Å²) in [6.45, 7) is 0. The number of benzene rings is 1. The van der Waals surface area contributed by atoms with Crippen molar-refractivity contribution in [3.63, 3.8) is 0 Å². The lowest BCUT2D eigenvalue weighted by Crippen LogP contribution is -2.31. The van der Waals surface area contributed by atoms with Crippen LogP contribution < -0.4 is 10.1 Å². The number of amides is 1. The Kier molecular flexibility index (Phi) is 4.74. The number of carbonyl (C=O) groups excluding carboxylic acids is 1. The molecular formula is C18H17FN4O2. The van der Waals surface area contributed by atoms with Gasteiger partial charge in [-0.15, -0.1) is 0 Å². The molecular weight excluding hydrogens is 323 g/mol. The fraction of sp³-hybridized carbons (Fsp3) is 0.167. The fourth-order valence-electron chi connectivity index (χ4n) is 2.46. The Bertz CT molecular complexity index is 860. The summed E-state index contributed by atoms with van der Waals surface area (Å²) in [6.07, 6.45) is 4.87. The second-order valence-electron chi connectivity index (χ2n) is 5.44. The second-order valence-corrected chi connectivity index (χ2v) is 5.44. The summed E-state index contributed by atoms with van der Waals surface area (Å²) < 4.78 is 20.0. The minimum Gasteiger partial charge on any atom is -0.481 e. The number of ether oxygens (including phenoxy) is 1. The van der Waals surface area contributed by atoms with E-state index in [1.54, 1.807) is 41.2 Å². The monoisotopic (exact) mass is 340 g/mol. The summed E-state index contributed by atoms with van der Waals surface area (Å²) in [5.74, 6) is 0.415. The molecule has 6 nitrogen and oxygen atoms in total. The van der Waals surface area contributed by atoms with Gasteiger partial charge in [0.15, 0.2) is 0 Å². The van der Waals surface area contributed by atoms with Gasteiger partial charge in [-0.3, -0.25) is 4.79 Å². The number of hydrogen-bond acceptors (Lipinski definition) is 4. The van der Waals surface area contributed by atoms with Gasteiger partial charge in [0.1, 0.15) is 17.7 Å². The topological polar surface area (TPSA) is 69.0 Å². The SMILES string of the molecule is COc1ccc(C(=O)NC(c2ccc(F)cc2)c2nccn2C)cn1. The van der Waals surface area contributed by atoms with E-state index in [4.69, 9.17) is 4.74 Å². The van der Waals surface area contributed by atoms with Crippen molar-refractivity contribution in [3.05, 3.63) is 77.8 Å². The first-order valence-electron chi connectivity index (χ1n) is 7.62. The maximum atomic E-state index is 13.2. The van der Waals surface area contributed by atoms with Crippen molar-refractivity contribution in [3.8, 4) is 5.88 Å². The number of hydrogen-bond donors (Lipinski definition) is 1. The number of nitrogens with zero attached hydrogens (tertiary/aromatic N) is 3. The largest absolute Gasteiger partial charge is 0.481 e. The molecule has 0 bridgehead atoms. The lowest BCUT2D eigenvalue weighted by molar-refractivity contribution is 0.0940. The molecule has 1 aromatic carbocycles. The molecule has 0 fully saturated rings. The summed E-state index contributed by atoms with van der Waals surface area (Å²) in [6, 6.07) is 8.68. The van der Waals surface area contributed by atoms with Crippen LogP contribution in [0.1, 0.15) is 27.8 Å². The van der Waals surface area contributed by atoms with Gasteiger partial charge in [0.25, 0.3) is 5.91 Å². The molecule has 0 saturated heterocycles. The molecule has 128 valence electrons. The number of methoxy groups -OCH3 is 1. The summed E-state index contributed by atoms with van der Waals surface area (Å²) in [7, 11) is 3.34. The van der Waals surface area contributed by atoms with E-state index >= 15 is 0 Å². The van der Waals surface area contributed by atoms with Crippen molar-refractivity contribution < 1.29 is 13.9 Å². The highest BCUT2D eigenvalue weighted by atomic mass is 19.1. The molecule has 25 heavy (non-hydrogen) atoms. The first-order valence-corrected chi connectivity index (χ1v) is 7.62. The normalized spacial score (nSPS) is 11.8. The quantitative estimate of drug-likeness (QED) is 0.775. The van der Waals surface area contributed by atoms with E-state index in [-0.39, 0.29) is 11.7 Å². The van der Waals surface area contributed by atoms with Crippen LogP contribution in [0.5, 0.6) is 5.88 Å². The Morgan fingerprint density at radius 2 is 1.96 bits per heavy atom. The molecule has 2 aromatic heterocycles. The van der Waals surface area contributed by atoms with Gasteiger partial charge in [-0.1, -0.05) is 12.1 Å². The van der Waals surface area contributed by atoms with Crippen LogP contribution in [0.15, 0.2) is 55.0 Å². The molecule has 3 aromatic rings. The number of nitrogens with one attached hydrogen (secondary N) is 1. The van der Waals surface area contributed by atoms with Crippen molar-refractivity contribution in [2.75, 3.05) is 7.11 Å². The highest BCUT2D eigenvalue weighted by Crippen LogP contribution is 2.21. The van der Waals surface area contributed by atoms with Crippen LogP contribution in [-0.4, -0.2) is 27.6 Å². The zero-order valence-corrected chi connectivity index (χ0v) is 13.8. The molecule has 0 aliphatic carbocycles. The van der Waals surface area contributed by atoms with Crippen molar-refractivity contribution in [2.45, 2.75) is 6.04 Å². The Morgan fingerprint density at radius 3 is 2.52 bits per heavy atom. The third-order valence-electron chi connectivity index (χ3n) is 3.80. The van der Waals surface area contributed by atoms with Gasteiger partial charge in [-0.05, 0) is 23.8 Å². The summed E-state index contributed by atoms with van der Waals surface area (Å²) in [5.41, 5.74) is 1.12. The Balaban J connectivity index is 1.90. The smallest absolute Gasteiger partial charge is 0.253 e. The summed E-state index contributed by atoms with van der Waals surface area (Å²) >= 11 is 0. The first-order chi connectivity index (χ1) is 12.1. The van der Waals surface area contributed by atoms with E-state index in [0.29, 0.717) is 17.3 Å². The van der Waals surface area contributed by atoms with E-state index in [2.05, 4.69) is 15.3 Å². The van der Waals surface area contributed by atoms with Crippen molar-refractivity contribution in [2.24, 2.45) is 7.05 Å². The molecule has 0 aliphatic rings. The zero-order chi connectivity index (χ0) is 17.8. The zero-order valence-electron chi connectivity index (χ0n) is 13.8. The van der Waals surface area contributed by atoms with Crippen LogP contribution >= 0.6 is 0 Å². The molecule has 1 unspecified atom stereocenters. The number of rotatable bonds is 5. The number of aromatic nitrogens is 3. The van der Waals surface area contributed by atoms with Crippen molar-refractivity contribution in [1.29, 1.82) is 0 Å². The molecule has 2 heterocycles. The number of imidazole rings is 1. The van der Waals surface area contributed by atoms with E-state index in [9.17, 15) is 9.18 Å². The van der Waals surface area contributed by atoms with E-state index in [1.165, 1.54) is 25.4 Å². The molecule has 0 radical (unpaired) electrons. The van der Waals surface area contributed by atoms with Crippen LogP contribution in [0.25, 0.3) is 0 Å². The van der Waals surface area contributed by atoms with Gasteiger partial charge in [-0.2, -0.15) is 0 Å². The predicted molar refractivity (Wildman–Crippen MR) is 89.7 cm³/mol. The van der Waals surface area contributed by atoms with Gasteiger partial charge in [0.2, 0.25) is 5.88 Å². The average molecular weight is 340 g/mol. The van der Waals surface area contributed by atoms with E-state index < -0.39 is 6.04 Å². The standard InChI is InChI=1S/C18H17FN4O2/c1-23-10-9-20-17(23)16(12-3-6-14(19)7-4-12)22-18(24)13-5-8-15(25-2)21-11-13/h3-11,16H,1-2H3,(H,22,24). The molecule has 1 N–H and O–H groups in total. The summed E-state index contributed by atoms with van der Waals surface area (Å²) in [4.78, 5) is 20.9. The highest BCUT2D eigenvalue weighted by molar-refractivity contribution is 5.94. The molecule has 0 aliphatic heterocycles. The lowest BCUT2D eigenvalue weighted by Gasteiger charge is -2.19. The third-order valence-corrected chi connectivity index (χ3v) is 3.80. The number of carbonyl (C=O) groups is 1. The maximum absolute atomic E-state index is 13.2. The summed E-state index contributed by atoms with van der Waals surface area (Å²) in [5, 5.41) is 2.92. The molecule has 7 heteroatoms. The van der Waals surface area contributed by atoms with Crippen LogP contribution in [0.3, 0.4) is 0 Å². The molecule has 3 rings (SSSR count). The van der Waals surface area contributed by atoms with Gasteiger partial charge in [-0.25, -0.2) is 14.4 Å². The van der Waals surface area contributed by atoms with Gasteiger partial charge in [0.05, 0.1) is 12.7 Å². The van der Waals surface area contributed by atoms with E-state index in [0.717, 1.165) is 5.56 Å². The molecule has 1 amide bonds. The number of aryl methyl sites for hydroxylation is 1. The van der Waals surface area contributed by atoms with Crippen LogP contribution in [0.4, 0.5) is 4.39 Å². The van der Waals surface area contributed by atoms with Gasteiger partial charge in [0, 0.05) is 31.7 Å². The lowest BCUT2D eigenvalue weighted by atomic mass is 10.1. The number of pyridine rings is 1. The Morgan fingerprint density at radius 1 is 1.20 bits per heavy atom. The molecule has 1 atom stereocenters. The number of halogens is 1. The van der Waals surface area contributed by atoms with Crippen LogP contribution in [0, 0.1) is 5.82 Å². The van der Waals surface area contributed by atoms with Crippen LogP contribution in [-0.2, 0) is 7.05 Å². The maximum Gasteiger partial charge on any atom is 0.253 e. The second kappa shape index (κ2) is 7.12. The Hall–Kier alpha value is -3.22. The van der Waals surface area contributed by atoms with Gasteiger partial charge >= 0.3 is 0 Å². The minimum atomic E-state index is -0.518. The first kappa shape index (κ1) is 16.6. The predicted octanol–water partition coefficient (Wildman–Crippen LogP) is 2.48. The van der Waals surface area contributed by atoms with Crippen molar-refractivity contribution >= 4 is 5.91 Å². The minimum absolute atomic E-state index is 0.313. The average Bonchev–Trinajstić information content (AvgIpc) is 3.06.